The largest absolute Gasteiger partial charge is 0.378 e. The van der Waals surface area contributed by atoms with Gasteiger partial charge in [-0.1, -0.05) is 0 Å². The molecule has 0 aromatic carbocycles. The summed E-state index contributed by atoms with van der Waals surface area (Å²) in [6.45, 7) is 6.25. The number of fused-ring (bicyclic) bond motifs is 6. The third-order valence-electron chi connectivity index (χ3n) is 4.67. The summed E-state index contributed by atoms with van der Waals surface area (Å²) in [5.74, 6) is -0.257. The average Bonchev–Trinajstić information content (AvgIpc) is 2.76. The Labute approximate surface area is 183 Å². The molecule has 2 bridgehead atoms. The molecule has 2 rings (SSSR count). The minimum absolute atomic E-state index is 0.0226. The van der Waals surface area contributed by atoms with E-state index in [9.17, 15) is 9.59 Å². The summed E-state index contributed by atoms with van der Waals surface area (Å²) in [7, 11) is 0. The molecule has 0 aromatic rings. The topological polar surface area (TPSA) is 105 Å². The molecule has 31 heavy (non-hydrogen) atoms. The summed E-state index contributed by atoms with van der Waals surface area (Å²) in [6, 6.07) is 0. The van der Waals surface area contributed by atoms with Crippen LogP contribution in [0, 0.1) is 0 Å². The van der Waals surface area contributed by atoms with Crippen LogP contribution in [0.25, 0.3) is 0 Å². The highest BCUT2D eigenvalue weighted by Gasteiger charge is 2.16. The second kappa shape index (κ2) is 17.2. The van der Waals surface area contributed by atoms with Crippen molar-refractivity contribution in [1.82, 2.24) is 9.80 Å². The van der Waals surface area contributed by atoms with Crippen molar-refractivity contribution in [3.63, 3.8) is 0 Å². The minimum Gasteiger partial charge on any atom is -0.378 e. The molecule has 0 spiro atoms. The maximum absolute atomic E-state index is 12.5. The van der Waals surface area contributed by atoms with E-state index in [-0.39, 0.29) is 25.0 Å². The zero-order chi connectivity index (χ0) is 22.0. The number of amides is 2. The average molecular weight is 449 g/mol. The maximum Gasteiger partial charge on any atom is 0.248 e. The first-order valence-electron chi connectivity index (χ1n) is 10.9. The lowest BCUT2D eigenvalue weighted by Gasteiger charge is -2.25. The Kier molecular flexibility index (Phi) is 14.4. The molecule has 0 saturated carbocycles. The highest BCUT2D eigenvalue weighted by molar-refractivity contribution is 5.77. The standard InChI is InChI=1S/C20H36N2O9/c23-19-17-30-15-13-29-14-16-31-18-20(24)22-2-6-25-5-1-21(19)3-7-26-9-11-28-12-10-27-8-4-22/h1-18H2. The van der Waals surface area contributed by atoms with Gasteiger partial charge in [0.15, 0.2) is 0 Å². The molecule has 2 heterocycles. The Morgan fingerprint density at radius 3 is 1.00 bits per heavy atom. The van der Waals surface area contributed by atoms with Crippen molar-refractivity contribution in [2.24, 2.45) is 0 Å². The molecular weight excluding hydrogens is 412 g/mol. The molecule has 11 heteroatoms. The van der Waals surface area contributed by atoms with Crippen LogP contribution in [0.5, 0.6) is 0 Å². The number of carbonyl (C=O) groups is 2. The first kappa shape index (κ1) is 25.9. The molecule has 0 aliphatic carbocycles. The zero-order valence-corrected chi connectivity index (χ0v) is 18.3. The van der Waals surface area contributed by atoms with Crippen molar-refractivity contribution in [3.8, 4) is 0 Å². The Hall–Kier alpha value is -1.34. The normalized spacial score (nSPS) is 24.1. The van der Waals surface area contributed by atoms with Crippen LogP contribution < -0.4 is 0 Å². The molecule has 11 nitrogen and oxygen atoms in total. The van der Waals surface area contributed by atoms with Gasteiger partial charge in [-0.3, -0.25) is 9.59 Å². The Balaban J connectivity index is 1.96. The lowest BCUT2D eigenvalue weighted by molar-refractivity contribution is -0.139. The molecule has 0 radical (unpaired) electrons. The molecule has 2 aliphatic heterocycles. The van der Waals surface area contributed by atoms with E-state index in [1.807, 2.05) is 0 Å². The molecule has 0 aromatic heterocycles. The van der Waals surface area contributed by atoms with Gasteiger partial charge in [0, 0.05) is 26.2 Å². The van der Waals surface area contributed by atoms with E-state index in [4.69, 9.17) is 33.2 Å². The lowest BCUT2D eigenvalue weighted by Crippen LogP contribution is -2.41. The van der Waals surface area contributed by atoms with Gasteiger partial charge in [0.25, 0.3) is 0 Å². The van der Waals surface area contributed by atoms with E-state index in [0.29, 0.717) is 105 Å². The highest BCUT2D eigenvalue weighted by Crippen LogP contribution is 1.98. The van der Waals surface area contributed by atoms with Crippen molar-refractivity contribution in [1.29, 1.82) is 0 Å². The third-order valence-corrected chi connectivity index (χ3v) is 4.67. The SMILES string of the molecule is O=C1COCCOCCOCC(=O)N2CCOCCOCCOCCN1CCOCC2. The summed E-state index contributed by atoms with van der Waals surface area (Å²) >= 11 is 0. The first-order chi connectivity index (χ1) is 15.3. The number of nitrogens with zero attached hydrogens (tertiary/aromatic N) is 2. The molecule has 0 unspecified atom stereocenters. The number of hydrogen-bond acceptors (Lipinski definition) is 9. The van der Waals surface area contributed by atoms with Crippen LogP contribution in [-0.2, 0) is 42.7 Å². The molecular formula is C20H36N2O9. The molecule has 2 saturated heterocycles. The smallest absolute Gasteiger partial charge is 0.248 e. The van der Waals surface area contributed by atoms with E-state index in [0.717, 1.165) is 0 Å². The van der Waals surface area contributed by atoms with Crippen molar-refractivity contribution in [2.75, 3.05) is 119 Å². The number of rotatable bonds is 0. The summed E-state index contributed by atoms with van der Waals surface area (Å²) in [4.78, 5) is 28.3. The molecule has 180 valence electrons. The van der Waals surface area contributed by atoms with E-state index in [1.54, 1.807) is 9.80 Å². The van der Waals surface area contributed by atoms with Crippen molar-refractivity contribution < 1.29 is 42.7 Å². The fraction of sp³-hybridized carbons (Fsp3) is 0.900. The van der Waals surface area contributed by atoms with Crippen LogP contribution >= 0.6 is 0 Å². The van der Waals surface area contributed by atoms with Crippen LogP contribution in [0.3, 0.4) is 0 Å². The second-order valence-corrected chi connectivity index (χ2v) is 6.93. The second-order valence-electron chi connectivity index (χ2n) is 6.93. The van der Waals surface area contributed by atoms with Crippen LogP contribution in [0.4, 0.5) is 0 Å². The predicted molar refractivity (Wildman–Crippen MR) is 109 cm³/mol. The van der Waals surface area contributed by atoms with Gasteiger partial charge in [-0.05, 0) is 0 Å². The van der Waals surface area contributed by atoms with Gasteiger partial charge in [0.1, 0.15) is 13.2 Å². The minimum atomic E-state index is -0.128. The van der Waals surface area contributed by atoms with E-state index < -0.39 is 0 Å². The zero-order valence-electron chi connectivity index (χ0n) is 18.3. The maximum atomic E-state index is 12.5. The fourth-order valence-corrected chi connectivity index (χ4v) is 2.90. The number of carbonyl (C=O) groups excluding carboxylic acids is 2. The van der Waals surface area contributed by atoms with E-state index >= 15 is 0 Å². The Morgan fingerprint density at radius 1 is 0.387 bits per heavy atom. The molecule has 0 atom stereocenters. The van der Waals surface area contributed by atoms with Crippen LogP contribution in [-0.4, -0.2) is 140 Å². The summed E-state index contributed by atoms with van der Waals surface area (Å²) < 4.78 is 38.5. The van der Waals surface area contributed by atoms with Crippen LogP contribution in [0.15, 0.2) is 0 Å². The van der Waals surface area contributed by atoms with Gasteiger partial charge in [0.2, 0.25) is 11.8 Å². The number of hydrogen-bond donors (Lipinski definition) is 0. The van der Waals surface area contributed by atoms with Gasteiger partial charge in [-0.25, -0.2) is 0 Å². The predicted octanol–water partition coefficient (Wildman–Crippen LogP) is -1.21. The quantitative estimate of drug-likeness (QED) is 0.422. The number of ether oxygens (including phenoxy) is 7. The van der Waals surface area contributed by atoms with E-state index in [2.05, 4.69) is 0 Å². The molecule has 2 aliphatic rings. The van der Waals surface area contributed by atoms with Crippen molar-refractivity contribution in [3.05, 3.63) is 0 Å². The molecule has 2 amide bonds. The summed E-state index contributed by atoms with van der Waals surface area (Å²) in [5, 5.41) is 0. The lowest BCUT2D eigenvalue weighted by atomic mass is 10.4. The van der Waals surface area contributed by atoms with E-state index in [1.165, 1.54) is 0 Å². The Morgan fingerprint density at radius 2 is 0.645 bits per heavy atom. The van der Waals surface area contributed by atoms with Gasteiger partial charge in [-0.15, -0.1) is 0 Å². The molecule has 2 fully saturated rings. The first-order valence-corrected chi connectivity index (χ1v) is 10.9. The van der Waals surface area contributed by atoms with Gasteiger partial charge in [0.05, 0.1) is 79.3 Å². The van der Waals surface area contributed by atoms with Crippen molar-refractivity contribution in [2.45, 2.75) is 0 Å². The Bertz CT molecular complexity index is 455. The van der Waals surface area contributed by atoms with Gasteiger partial charge >= 0.3 is 0 Å². The van der Waals surface area contributed by atoms with Crippen LogP contribution in [0.1, 0.15) is 0 Å². The third kappa shape index (κ3) is 12.3. The summed E-state index contributed by atoms with van der Waals surface area (Å²) in [5.41, 5.74) is 0. The molecule has 0 N–H and O–H groups in total. The monoisotopic (exact) mass is 448 g/mol. The van der Waals surface area contributed by atoms with Gasteiger partial charge < -0.3 is 43.0 Å². The highest BCUT2D eigenvalue weighted by atomic mass is 16.6. The van der Waals surface area contributed by atoms with Crippen LogP contribution in [0.2, 0.25) is 0 Å². The fourth-order valence-electron chi connectivity index (χ4n) is 2.90. The van der Waals surface area contributed by atoms with Crippen molar-refractivity contribution >= 4 is 11.8 Å². The van der Waals surface area contributed by atoms with Gasteiger partial charge in [-0.2, -0.15) is 0 Å². The summed E-state index contributed by atoms with van der Waals surface area (Å²) in [6.07, 6.45) is 0.